The molecule has 0 bridgehead atoms. The minimum absolute atomic E-state index is 0.142. The summed E-state index contributed by atoms with van der Waals surface area (Å²) in [6.07, 6.45) is 0. The zero-order valence-electron chi connectivity index (χ0n) is 12.5. The van der Waals surface area contributed by atoms with E-state index in [0.29, 0.717) is 28.3 Å². The molecule has 0 aliphatic carbocycles. The number of fused-ring (bicyclic) bond motifs is 1. The maximum Gasteiger partial charge on any atom is 0.340 e. The van der Waals surface area contributed by atoms with Crippen LogP contribution in [0.15, 0.2) is 42.5 Å². The number of Topliss-reactive ketones (excluding diaryl/α,β-unsaturated/α-hetero) is 1. The second-order valence-corrected chi connectivity index (χ2v) is 4.86. The Morgan fingerprint density at radius 3 is 2.74 bits per heavy atom. The average Bonchev–Trinajstić information content (AvgIpc) is 3.06. The highest BCUT2D eigenvalue weighted by molar-refractivity contribution is 6.01. The lowest BCUT2D eigenvalue weighted by molar-refractivity contribution is 0.0475. The number of hydrogen-bond acceptors (Lipinski definition) is 6. The van der Waals surface area contributed by atoms with Gasteiger partial charge >= 0.3 is 5.97 Å². The van der Waals surface area contributed by atoms with Gasteiger partial charge < -0.3 is 19.5 Å². The van der Waals surface area contributed by atoms with Crippen LogP contribution in [0.5, 0.6) is 11.5 Å². The molecule has 0 aromatic heterocycles. The Morgan fingerprint density at radius 2 is 1.91 bits per heavy atom. The maximum atomic E-state index is 12.1. The number of anilines is 1. The van der Waals surface area contributed by atoms with E-state index in [1.54, 1.807) is 49.5 Å². The van der Waals surface area contributed by atoms with Crippen molar-refractivity contribution in [3.8, 4) is 11.5 Å². The van der Waals surface area contributed by atoms with Crippen molar-refractivity contribution in [2.45, 2.75) is 0 Å². The van der Waals surface area contributed by atoms with Gasteiger partial charge in [-0.15, -0.1) is 0 Å². The SMILES string of the molecule is CNc1ccccc1C(=O)OCC(=O)c1ccc2c(c1)OCO2. The molecule has 0 spiro atoms. The predicted molar refractivity (Wildman–Crippen MR) is 83.2 cm³/mol. The lowest BCUT2D eigenvalue weighted by atomic mass is 10.1. The summed E-state index contributed by atoms with van der Waals surface area (Å²) in [6, 6.07) is 11.8. The molecule has 118 valence electrons. The number of ether oxygens (including phenoxy) is 3. The third-order valence-electron chi connectivity index (χ3n) is 3.45. The first-order valence-corrected chi connectivity index (χ1v) is 7.06. The van der Waals surface area contributed by atoms with Crippen LogP contribution < -0.4 is 14.8 Å². The normalized spacial score (nSPS) is 11.9. The predicted octanol–water partition coefficient (Wildman–Crippen LogP) is 2.50. The van der Waals surface area contributed by atoms with Crippen molar-refractivity contribution in [3.05, 3.63) is 53.6 Å². The first-order chi connectivity index (χ1) is 11.2. The molecule has 0 saturated carbocycles. The Hall–Kier alpha value is -3.02. The number of hydrogen-bond donors (Lipinski definition) is 1. The number of carbonyl (C=O) groups excluding carboxylic acids is 2. The van der Waals surface area contributed by atoms with Crippen LogP contribution in [0.1, 0.15) is 20.7 Å². The van der Waals surface area contributed by atoms with E-state index in [-0.39, 0.29) is 19.2 Å². The van der Waals surface area contributed by atoms with Crippen LogP contribution >= 0.6 is 0 Å². The van der Waals surface area contributed by atoms with E-state index in [1.165, 1.54) is 0 Å². The number of para-hydroxylation sites is 1. The van der Waals surface area contributed by atoms with Gasteiger partial charge in [-0.3, -0.25) is 4.79 Å². The second kappa shape index (κ2) is 6.39. The summed E-state index contributed by atoms with van der Waals surface area (Å²) in [4.78, 5) is 24.2. The van der Waals surface area contributed by atoms with Crippen molar-refractivity contribution >= 4 is 17.4 Å². The summed E-state index contributed by atoms with van der Waals surface area (Å²) >= 11 is 0. The van der Waals surface area contributed by atoms with Crippen molar-refractivity contribution in [2.24, 2.45) is 0 Å². The highest BCUT2D eigenvalue weighted by Crippen LogP contribution is 2.32. The average molecular weight is 313 g/mol. The van der Waals surface area contributed by atoms with Crippen molar-refractivity contribution in [2.75, 3.05) is 25.8 Å². The number of ketones is 1. The van der Waals surface area contributed by atoms with E-state index in [4.69, 9.17) is 14.2 Å². The fourth-order valence-corrected chi connectivity index (χ4v) is 2.24. The van der Waals surface area contributed by atoms with Gasteiger partial charge in [0.25, 0.3) is 0 Å². The van der Waals surface area contributed by atoms with Gasteiger partial charge in [-0.25, -0.2) is 4.79 Å². The van der Waals surface area contributed by atoms with Crippen LogP contribution in [0, 0.1) is 0 Å². The summed E-state index contributed by atoms with van der Waals surface area (Å²) in [7, 11) is 1.71. The first-order valence-electron chi connectivity index (χ1n) is 7.06. The molecule has 1 heterocycles. The molecule has 0 saturated heterocycles. The van der Waals surface area contributed by atoms with Crippen LogP contribution in [0.2, 0.25) is 0 Å². The second-order valence-electron chi connectivity index (χ2n) is 4.86. The van der Waals surface area contributed by atoms with E-state index < -0.39 is 5.97 Å². The van der Waals surface area contributed by atoms with E-state index in [9.17, 15) is 9.59 Å². The Labute approximate surface area is 133 Å². The third kappa shape index (κ3) is 3.11. The Bertz CT molecular complexity index is 756. The molecule has 0 atom stereocenters. The quantitative estimate of drug-likeness (QED) is 0.675. The monoisotopic (exact) mass is 313 g/mol. The van der Waals surface area contributed by atoms with Crippen molar-refractivity contribution in [1.82, 2.24) is 0 Å². The number of carbonyl (C=O) groups is 2. The lowest BCUT2D eigenvalue weighted by Crippen LogP contribution is -2.15. The molecule has 0 fully saturated rings. The van der Waals surface area contributed by atoms with Crippen LogP contribution in [0.3, 0.4) is 0 Å². The molecule has 23 heavy (non-hydrogen) atoms. The summed E-state index contributed by atoms with van der Waals surface area (Å²) in [6.45, 7) is -0.195. The zero-order valence-corrected chi connectivity index (χ0v) is 12.5. The maximum absolute atomic E-state index is 12.1. The molecule has 6 nitrogen and oxygen atoms in total. The first kappa shape index (κ1) is 14.9. The number of esters is 1. The van der Waals surface area contributed by atoms with E-state index >= 15 is 0 Å². The van der Waals surface area contributed by atoms with Gasteiger partial charge in [-0.05, 0) is 30.3 Å². The Morgan fingerprint density at radius 1 is 1.13 bits per heavy atom. The van der Waals surface area contributed by atoms with Gasteiger partial charge in [0.2, 0.25) is 6.79 Å². The molecule has 0 unspecified atom stereocenters. The standard InChI is InChI=1S/C17H15NO5/c1-18-13-5-3-2-4-12(13)17(20)21-9-14(19)11-6-7-15-16(8-11)23-10-22-15/h2-8,18H,9-10H2,1H3. The number of benzene rings is 2. The van der Waals surface area contributed by atoms with Crippen LogP contribution in [0.25, 0.3) is 0 Å². The molecule has 0 radical (unpaired) electrons. The molecular weight excluding hydrogens is 298 g/mol. The van der Waals surface area contributed by atoms with E-state index in [2.05, 4.69) is 5.32 Å². The fraction of sp³-hybridized carbons (Fsp3) is 0.176. The molecule has 1 aliphatic rings. The van der Waals surface area contributed by atoms with E-state index in [0.717, 1.165) is 0 Å². The molecule has 3 rings (SSSR count). The van der Waals surface area contributed by atoms with Crippen molar-refractivity contribution in [1.29, 1.82) is 0 Å². The number of nitrogens with one attached hydrogen (secondary N) is 1. The van der Waals surface area contributed by atoms with Gasteiger partial charge in [-0.2, -0.15) is 0 Å². The minimum atomic E-state index is -0.552. The topological polar surface area (TPSA) is 73.9 Å². The molecular formula is C17H15NO5. The summed E-state index contributed by atoms with van der Waals surface area (Å²) < 4.78 is 15.5. The third-order valence-corrected chi connectivity index (χ3v) is 3.45. The molecule has 2 aromatic carbocycles. The molecule has 6 heteroatoms. The van der Waals surface area contributed by atoms with Crippen LogP contribution in [-0.2, 0) is 4.74 Å². The molecule has 2 aromatic rings. The highest BCUT2D eigenvalue weighted by atomic mass is 16.7. The van der Waals surface area contributed by atoms with Gasteiger partial charge in [0.1, 0.15) is 0 Å². The molecule has 1 aliphatic heterocycles. The van der Waals surface area contributed by atoms with Crippen LogP contribution in [0.4, 0.5) is 5.69 Å². The minimum Gasteiger partial charge on any atom is -0.454 e. The Balaban J connectivity index is 1.66. The van der Waals surface area contributed by atoms with Gasteiger partial charge in [0, 0.05) is 18.3 Å². The molecule has 0 amide bonds. The highest BCUT2D eigenvalue weighted by Gasteiger charge is 2.18. The largest absolute Gasteiger partial charge is 0.454 e. The van der Waals surface area contributed by atoms with Gasteiger partial charge in [0.05, 0.1) is 5.56 Å². The van der Waals surface area contributed by atoms with Gasteiger partial charge in [-0.1, -0.05) is 12.1 Å². The smallest absolute Gasteiger partial charge is 0.340 e. The Kier molecular flexibility index (Phi) is 4.14. The fourth-order valence-electron chi connectivity index (χ4n) is 2.24. The zero-order chi connectivity index (χ0) is 16.2. The lowest BCUT2D eigenvalue weighted by Gasteiger charge is -2.09. The van der Waals surface area contributed by atoms with Gasteiger partial charge in [0.15, 0.2) is 23.9 Å². The number of rotatable bonds is 5. The molecule has 1 N–H and O–H groups in total. The van der Waals surface area contributed by atoms with Crippen molar-refractivity contribution < 1.29 is 23.8 Å². The summed E-state index contributed by atoms with van der Waals surface area (Å²) in [5.41, 5.74) is 1.44. The summed E-state index contributed by atoms with van der Waals surface area (Å²) in [5.74, 6) is 0.256. The van der Waals surface area contributed by atoms with E-state index in [1.807, 2.05) is 0 Å². The summed E-state index contributed by atoms with van der Waals surface area (Å²) in [5, 5.41) is 2.91. The van der Waals surface area contributed by atoms with Crippen LogP contribution in [-0.4, -0.2) is 32.2 Å². The van der Waals surface area contributed by atoms with Crippen molar-refractivity contribution in [3.63, 3.8) is 0 Å².